The standard InChI is InChI=1S/C17H25N5O/c1-3-9-21-16-13(19-14(20-16)11-7-5-6-8-11)15-18-12(4-2)10-22(15)17(21)23/h11-12,18H,3-10H2,1-2H3. The van der Waals surface area contributed by atoms with Crippen molar-refractivity contribution < 1.29 is 0 Å². The number of imidazole rings is 1. The number of aromatic nitrogens is 4. The monoisotopic (exact) mass is 315 g/mol. The van der Waals surface area contributed by atoms with Gasteiger partial charge in [-0.05, 0) is 25.7 Å². The van der Waals surface area contributed by atoms with E-state index in [0.29, 0.717) is 18.5 Å². The third kappa shape index (κ3) is 2.26. The summed E-state index contributed by atoms with van der Waals surface area (Å²) in [5.74, 6) is 3.06. The zero-order valence-electron chi connectivity index (χ0n) is 14.0. The molecule has 1 fully saturated rings. The van der Waals surface area contributed by atoms with Crippen LogP contribution in [-0.2, 0) is 13.1 Å². The predicted octanol–water partition coefficient (Wildman–Crippen LogP) is 2.82. The van der Waals surface area contributed by atoms with E-state index in [1.807, 2.05) is 9.13 Å². The number of rotatable bonds is 4. The van der Waals surface area contributed by atoms with Gasteiger partial charge in [0.15, 0.2) is 5.82 Å². The summed E-state index contributed by atoms with van der Waals surface area (Å²) >= 11 is 0. The van der Waals surface area contributed by atoms with E-state index in [4.69, 9.17) is 9.97 Å². The van der Waals surface area contributed by atoms with Crippen molar-refractivity contribution in [3.05, 3.63) is 16.3 Å². The molecule has 0 aromatic rings. The van der Waals surface area contributed by atoms with Gasteiger partial charge in [0, 0.05) is 25.0 Å². The van der Waals surface area contributed by atoms with E-state index in [-0.39, 0.29) is 5.69 Å². The van der Waals surface area contributed by atoms with Crippen LogP contribution in [0.1, 0.15) is 64.1 Å². The summed E-state index contributed by atoms with van der Waals surface area (Å²) < 4.78 is 3.68. The average molecular weight is 315 g/mol. The first kappa shape index (κ1) is 14.7. The van der Waals surface area contributed by atoms with E-state index < -0.39 is 0 Å². The number of nitrogens with zero attached hydrogens (tertiary/aromatic N) is 4. The van der Waals surface area contributed by atoms with E-state index in [2.05, 4.69) is 19.2 Å². The summed E-state index contributed by atoms with van der Waals surface area (Å²) in [7, 11) is 0. The lowest BCUT2D eigenvalue weighted by Crippen LogP contribution is -2.32. The van der Waals surface area contributed by atoms with Crippen LogP contribution in [-0.4, -0.2) is 25.1 Å². The third-order valence-corrected chi connectivity index (χ3v) is 5.27. The van der Waals surface area contributed by atoms with E-state index in [0.717, 1.165) is 42.5 Å². The fourth-order valence-electron chi connectivity index (χ4n) is 3.96. The Morgan fingerprint density at radius 3 is 2.70 bits per heavy atom. The lowest BCUT2D eigenvalue weighted by Gasteiger charge is -2.13. The van der Waals surface area contributed by atoms with Gasteiger partial charge in [-0.3, -0.25) is 9.13 Å². The molecule has 0 saturated heterocycles. The van der Waals surface area contributed by atoms with Crippen molar-refractivity contribution in [2.75, 3.05) is 5.32 Å². The van der Waals surface area contributed by atoms with Crippen molar-refractivity contribution >= 4 is 5.82 Å². The first-order chi connectivity index (χ1) is 11.2. The summed E-state index contributed by atoms with van der Waals surface area (Å²) in [6.45, 7) is 5.68. The van der Waals surface area contributed by atoms with Crippen molar-refractivity contribution in [1.82, 2.24) is 19.1 Å². The zero-order valence-corrected chi connectivity index (χ0v) is 14.0. The molecule has 0 aromatic carbocycles. The fourth-order valence-corrected chi connectivity index (χ4v) is 3.96. The Hall–Kier alpha value is -1.85. The van der Waals surface area contributed by atoms with E-state index in [9.17, 15) is 4.79 Å². The van der Waals surface area contributed by atoms with Crippen molar-refractivity contribution in [3.8, 4) is 11.5 Å². The van der Waals surface area contributed by atoms with E-state index in [1.54, 1.807) is 0 Å². The Bertz CT molecular complexity index is 740. The minimum atomic E-state index is 0.0515. The third-order valence-electron chi connectivity index (χ3n) is 5.27. The van der Waals surface area contributed by atoms with E-state index in [1.165, 1.54) is 25.7 Å². The Labute approximate surface area is 136 Å². The normalized spacial score (nSPS) is 21.0. The van der Waals surface area contributed by atoms with Crippen LogP contribution in [0.15, 0.2) is 4.79 Å². The maximum atomic E-state index is 12.9. The molecule has 1 unspecified atom stereocenters. The second kappa shape index (κ2) is 5.65. The van der Waals surface area contributed by atoms with Crippen LogP contribution < -0.4 is 11.0 Å². The molecule has 1 aliphatic carbocycles. The molecule has 1 atom stereocenters. The van der Waals surface area contributed by atoms with Crippen molar-refractivity contribution in [2.45, 2.75) is 77.4 Å². The molecule has 1 N–H and O–H groups in total. The number of nitrogens with one attached hydrogen (secondary N) is 1. The van der Waals surface area contributed by atoms with Gasteiger partial charge in [0.2, 0.25) is 0 Å². The van der Waals surface area contributed by atoms with Gasteiger partial charge in [0.25, 0.3) is 0 Å². The van der Waals surface area contributed by atoms with Gasteiger partial charge in [-0.2, -0.15) is 0 Å². The summed E-state index contributed by atoms with van der Waals surface area (Å²) in [4.78, 5) is 22.5. The van der Waals surface area contributed by atoms with Gasteiger partial charge in [-0.1, -0.05) is 26.7 Å². The molecule has 0 radical (unpaired) electrons. The van der Waals surface area contributed by atoms with Gasteiger partial charge >= 0.3 is 5.69 Å². The SMILES string of the molecule is CCCn1c2nc(C3CCCC3)nc-2c2n(c1=O)CC(CC)N2. The molecular formula is C17H25N5O. The molecule has 0 spiro atoms. The van der Waals surface area contributed by atoms with Crippen LogP contribution in [0, 0.1) is 0 Å². The highest BCUT2D eigenvalue weighted by Gasteiger charge is 2.32. The smallest absolute Gasteiger partial charge is 0.331 e. The average Bonchev–Trinajstić information content (AvgIpc) is 3.28. The lowest BCUT2D eigenvalue weighted by atomic mass is 10.1. The van der Waals surface area contributed by atoms with Crippen LogP contribution >= 0.6 is 0 Å². The Morgan fingerprint density at radius 1 is 1.22 bits per heavy atom. The predicted molar refractivity (Wildman–Crippen MR) is 90.1 cm³/mol. The van der Waals surface area contributed by atoms with Crippen molar-refractivity contribution in [2.24, 2.45) is 0 Å². The molecule has 0 amide bonds. The van der Waals surface area contributed by atoms with Crippen molar-refractivity contribution in [1.29, 1.82) is 0 Å². The first-order valence-electron chi connectivity index (χ1n) is 9.00. The van der Waals surface area contributed by atoms with Crippen molar-refractivity contribution in [3.63, 3.8) is 0 Å². The topological polar surface area (TPSA) is 64.7 Å². The molecule has 4 rings (SSSR count). The highest BCUT2D eigenvalue weighted by Crippen LogP contribution is 2.37. The molecule has 6 nitrogen and oxygen atoms in total. The summed E-state index contributed by atoms with van der Waals surface area (Å²) in [5, 5.41) is 3.49. The molecule has 0 aromatic heterocycles. The lowest BCUT2D eigenvalue weighted by molar-refractivity contribution is 0.556. The summed E-state index contributed by atoms with van der Waals surface area (Å²) in [6, 6.07) is 0.315. The zero-order chi connectivity index (χ0) is 16.0. The van der Waals surface area contributed by atoms with Gasteiger partial charge in [0.1, 0.15) is 17.3 Å². The maximum Gasteiger partial charge on any atom is 0.331 e. The number of fused-ring (bicyclic) bond motifs is 3. The van der Waals surface area contributed by atoms with Crippen LogP contribution in [0.5, 0.6) is 0 Å². The first-order valence-corrected chi connectivity index (χ1v) is 9.00. The van der Waals surface area contributed by atoms with Gasteiger partial charge in [-0.25, -0.2) is 14.8 Å². The Kier molecular flexibility index (Phi) is 3.62. The Balaban J connectivity index is 1.89. The molecule has 1 saturated carbocycles. The molecule has 3 heterocycles. The van der Waals surface area contributed by atoms with Crippen LogP contribution in [0.4, 0.5) is 5.82 Å². The minimum Gasteiger partial charge on any atom is -0.365 e. The van der Waals surface area contributed by atoms with Crippen LogP contribution in [0.3, 0.4) is 0 Å². The maximum absolute atomic E-state index is 12.9. The number of hydrogen-bond acceptors (Lipinski definition) is 4. The summed E-state index contributed by atoms with van der Waals surface area (Å²) in [6.07, 6.45) is 6.80. The van der Waals surface area contributed by atoms with Gasteiger partial charge < -0.3 is 5.32 Å². The van der Waals surface area contributed by atoms with Crippen LogP contribution in [0.25, 0.3) is 11.5 Å². The number of hydrogen-bond donors (Lipinski definition) is 1. The fraction of sp³-hybridized carbons (Fsp3) is 0.706. The molecule has 0 bridgehead atoms. The van der Waals surface area contributed by atoms with E-state index >= 15 is 0 Å². The second-order valence-electron chi connectivity index (χ2n) is 6.88. The molecule has 23 heavy (non-hydrogen) atoms. The Morgan fingerprint density at radius 2 is 2.00 bits per heavy atom. The van der Waals surface area contributed by atoms with Gasteiger partial charge in [-0.15, -0.1) is 0 Å². The highest BCUT2D eigenvalue weighted by atomic mass is 16.1. The minimum absolute atomic E-state index is 0.0515. The largest absolute Gasteiger partial charge is 0.365 e. The second-order valence-corrected chi connectivity index (χ2v) is 6.88. The summed E-state index contributed by atoms with van der Waals surface area (Å²) in [5.41, 5.74) is 0.937. The molecule has 3 aliphatic heterocycles. The quantitative estimate of drug-likeness (QED) is 0.942. The molecule has 6 heteroatoms. The van der Waals surface area contributed by atoms with Gasteiger partial charge in [0.05, 0.1) is 0 Å². The molecule has 124 valence electrons. The van der Waals surface area contributed by atoms with Crippen LogP contribution in [0.2, 0.25) is 0 Å². The molecular weight excluding hydrogens is 290 g/mol. The molecule has 4 aliphatic rings. The highest BCUT2D eigenvalue weighted by molar-refractivity contribution is 5.69. The number of anilines is 1.